The van der Waals surface area contributed by atoms with Gasteiger partial charge in [0.2, 0.25) is 0 Å². The Morgan fingerprint density at radius 1 is 1.39 bits per heavy atom. The highest BCUT2D eigenvalue weighted by Gasteiger charge is 2.32. The number of para-hydroxylation sites is 1. The van der Waals surface area contributed by atoms with Crippen molar-refractivity contribution in [2.75, 3.05) is 18.0 Å². The zero-order chi connectivity index (χ0) is 13.3. The summed E-state index contributed by atoms with van der Waals surface area (Å²) in [6.45, 7) is 9.85. The molecular weight excluding hydrogens is 226 g/mol. The van der Waals surface area contributed by atoms with Gasteiger partial charge in [0.1, 0.15) is 0 Å². The molecule has 1 saturated heterocycles. The summed E-state index contributed by atoms with van der Waals surface area (Å²) in [6.07, 6.45) is -0.238. The van der Waals surface area contributed by atoms with Gasteiger partial charge in [0.15, 0.2) is 0 Å². The largest absolute Gasteiger partial charge is 0.389 e. The maximum atomic E-state index is 9.87. The summed E-state index contributed by atoms with van der Waals surface area (Å²) in [5, 5.41) is 9.87. The Bertz CT molecular complexity index is 415. The number of hydrogen-bond acceptors (Lipinski definition) is 3. The minimum atomic E-state index is -0.442. The minimum Gasteiger partial charge on any atom is -0.389 e. The standard InChI is InChI=1S/C15H23NO2/c1-11-9-16(10-15(3,4)18-11)14-8-6-5-7-13(14)12(2)17/h5-8,11-12,17H,9-10H2,1-4H3/t11?,12-/m1/s1. The van der Waals surface area contributed by atoms with Crippen molar-refractivity contribution in [3.63, 3.8) is 0 Å². The van der Waals surface area contributed by atoms with E-state index in [-0.39, 0.29) is 11.7 Å². The number of benzene rings is 1. The van der Waals surface area contributed by atoms with E-state index in [4.69, 9.17) is 4.74 Å². The SMILES string of the molecule is CC1CN(c2ccccc2[C@@H](C)O)CC(C)(C)O1. The Hall–Kier alpha value is -1.06. The van der Waals surface area contributed by atoms with Gasteiger partial charge in [0.25, 0.3) is 0 Å². The lowest BCUT2D eigenvalue weighted by atomic mass is 10.0. The molecule has 100 valence electrons. The van der Waals surface area contributed by atoms with Crippen molar-refractivity contribution in [3.05, 3.63) is 29.8 Å². The molecule has 0 radical (unpaired) electrons. The highest BCUT2D eigenvalue weighted by Crippen LogP contribution is 2.31. The molecule has 2 atom stereocenters. The van der Waals surface area contributed by atoms with Gasteiger partial charge in [-0.1, -0.05) is 18.2 Å². The second kappa shape index (κ2) is 4.90. The Labute approximate surface area is 109 Å². The molecule has 2 rings (SSSR count). The van der Waals surface area contributed by atoms with Gasteiger partial charge >= 0.3 is 0 Å². The van der Waals surface area contributed by atoms with Crippen LogP contribution in [0.25, 0.3) is 0 Å². The number of hydrogen-bond donors (Lipinski definition) is 1. The number of anilines is 1. The first kappa shape index (κ1) is 13.4. The molecular formula is C15H23NO2. The second-order valence-corrected chi connectivity index (χ2v) is 5.80. The molecule has 1 aliphatic rings. The van der Waals surface area contributed by atoms with Crippen molar-refractivity contribution < 1.29 is 9.84 Å². The lowest BCUT2D eigenvalue weighted by Crippen LogP contribution is -2.52. The van der Waals surface area contributed by atoms with Crippen molar-refractivity contribution in [2.24, 2.45) is 0 Å². The summed E-state index contributed by atoms with van der Waals surface area (Å²) in [6, 6.07) is 8.07. The molecule has 0 aromatic heterocycles. The monoisotopic (exact) mass is 249 g/mol. The molecule has 0 aliphatic carbocycles. The highest BCUT2D eigenvalue weighted by molar-refractivity contribution is 5.55. The van der Waals surface area contributed by atoms with E-state index in [0.29, 0.717) is 0 Å². The zero-order valence-corrected chi connectivity index (χ0v) is 11.7. The van der Waals surface area contributed by atoms with Crippen LogP contribution in [0, 0.1) is 0 Å². The van der Waals surface area contributed by atoms with Crippen molar-refractivity contribution in [1.29, 1.82) is 0 Å². The molecule has 0 saturated carbocycles. The summed E-state index contributed by atoms with van der Waals surface area (Å²) >= 11 is 0. The molecule has 18 heavy (non-hydrogen) atoms. The third-order valence-electron chi connectivity index (χ3n) is 3.30. The van der Waals surface area contributed by atoms with E-state index in [2.05, 4.69) is 31.7 Å². The quantitative estimate of drug-likeness (QED) is 0.874. The molecule has 3 heteroatoms. The van der Waals surface area contributed by atoms with Crippen LogP contribution in [0.4, 0.5) is 5.69 Å². The van der Waals surface area contributed by atoms with Gasteiger partial charge in [-0.2, -0.15) is 0 Å². The molecule has 1 heterocycles. The van der Waals surface area contributed by atoms with Gasteiger partial charge in [-0.05, 0) is 33.8 Å². The van der Waals surface area contributed by atoms with E-state index in [1.54, 1.807) is 0 Å². The highest BCUT2D eigenvalue weighted by atomic mass is 16.5. The number of nitrogens with zero attached hydrogens (tertiary/aromatic N) is 1. The lowest BCUT2D eigenvalue weighted by molar-refractivity contribution is -0.0750. The van der Waals surface area contributed by atoms with Gasteiger partial charge in [-0.15, -0.1) is 0 Å². The summed E-state index contributed by atoms with van der Waals surface area (Å²) in [5.41, 5.74) is 1.96. The van der Waals surface area contributed by atoms with Crippen LogP contribution in [0.2, 0.25) is 0 Å². The van der Waals surface area contributed by atoms with Crippen molar-refractivity contribution in [3.8, 4) is 0 Å². The van der Waals surface area contributed by atoms with Crippen molar-refractivity contribution in [2.45, 2.75) is 45.5 Å². The molecule has 0 amide bonds. The molecule has 1 unspecified atom stereocenters. The minimum absolute atomic E-state index is 0.149. The Kier molecular flexibility index (Phi) is 3.64. The van der Waals surface area contributed by atoms with Gasteiger partial charge < -0.3 is 14.7 Å². The fraction of sp³-hybridized carbons (Fsp3) is 0.600. The summed E-state index contributed by atoms with van der Waals surface area (Å²) in [7, 11) is 0. The van der Waals surface area contributed by atoms with Gasteiger partial charge in [-0.3, -0.25) is 0 Å². The van der Waals surface area contributed by atoms with Crippen LogP contribution >= 0.6 is 0 Å². The molecule has 0 bridgehead atoms. The summed E-state index contributed by atoms with van der Waals surface area (Å²) in [4.78, 5) is 2.32. The third-order valence-corrected chi connectivity index (χ3v) is 3.30. The first-order chi connectivity index (χ1) is 8.39. The molecule has 1 N–H and O–H groups in total. The average Bonchev–Trinajstić information content (AvgIpc) is 2.26. The van der Waals surface area contributed by atoms with Crippen LogP contribution in [0.5, 0.6) is 0 Å². The molecule has 1 fully saturated rings. The van der Waals surface area contributed by atoms with Gasteiger partial charge in [0, 0.05) is 24.3 Å². The Balaban J connectivity index is 2.31. The average molecular weight is 249 g/mol. The fourth-order valence-corrected chi connectivity index (χ4v) is 2.77. The van der Waals surface area contributed by atoms with Crippen LogP contribution in [0.1, 0.15) is 39.4 Å². The van der Waals surface area contributed by atoms with E-state index < -0.39 is 6.10 Å². The number of aliphatic hydroxyl groups excluding tert-OH is 1. The molecule has 0 spiro atoms. The molecule has 1 aromatic carbocycles. The van der Waals surface area contributed by atoms with E-state index in [0.717, 1.165) is 24.3 Å². The summed E-state index contributed by atoms with van der Waals surface area (Å²) < 4.78 is 5.92. The van der Waals surface area contributed by atoms with E-state index in [9.17, 15) is 5.11 Å². The maximum Gasteiger partial charge on any atom is 0.0805 e. The van der Waals surface area contributed by atoms with Crippen LogP contribution in [-0.4, -0.2) is 29.9 Å². The van der Waals surface area contributed by atoms with Gasteiger partial charge in [-0.25, -0.2) is 0 Å². The Morgan fingerprint density at radius 3 is 2.67 bits per heavy atom. The lowest BCUT2D eigenvalue weighted by Gasteiger charge is -2.43. The summed E-state index contributed by atoms with van der Waals surface area (Å²) in [5.74, 6) is 0. The van der Waals surface area contributed by atoms with E-state index in [1.165, 1.54) is 0 Å². The second-order valence-electron chi connectivity index (χ2n) is 5.80. The van der Waals surface area contributed by atoms with E-state index in [1.807, 2.05) is 25.1 Å². The molecule has 3 nitrogen and oxygen atoms in total. The van der Waals surface area contributed by atoms with Crippen molar-refractivity contribution >= 4 is 5.69 Å². The Morgan fingerprint density at radius 2 is 2.06 bits per heavy atom. The first-order valence-corrected chi connectivity index (χ1v) is 6.59. The number of ether oxygens (including phenoxy) is 1. The smallest absolute Gasteiger partial charge is 0.0805 e. The van der Waals surface area contributed by atoms with E-state index >= 15 is 0 Å². The third kappa shape index (κ3) is 2.85. The molecule has 1 aromatic rings. The number of morpholine rings is 1. The normalized spacial score (nSPS) is 24.9. The van der Waals surface area contributed by atoms with Crippen LogP contribution in [-0.2, 0) is 4.74 Å². The number of rotatable bonds is 2. The molecule has 1 aliphatic heterocycles. The predicted octanol–water partition coefficient (Wildman–Crippen LogP) is 2.74. The number of aliphatic hydroxyl groups is 1. The van der Waals surface area contributed by atoms with Crippen LogP contribution in [0.3, 0.4) is 0 Å². The van der Waals surface area contributed by atoms with Crippen LogP contribution < -0.4 is 4.90 Å². The maximum absolute atomic E-state index is 9.87. The van der Waals surface area contributed by atoms with Crippen molar-refractivity contribution in [1.82, 2.24) is 0 Å². The van der Waals surface area contributed by atoms with Crippen LogP contribution in [0.15, 0.2) is 24.3 Å². The topological polar surface area (TPSA) is 32.7 Å². The zero-order valence-electron chi connectivity index (χ0n) is 11.7. The van der Waals surface area contributed by atoms with Gasteiger partial charge in [0.05, 0.1) is 17.8 Å². The fourth-order valence-electron chi connectivity index (χ4n) is 2.77. The first-order valence-electron chi connectivity index (χ1n) is 6.59. The predicted molar refractivity (Wildman–Crippen MR) is 73.9 cm³/mol.